The molecule has 0 fully saturated rings. The van der Waals surface area contributed by atoms with Crippen LogP contribution in [0.1, 0.15) is 36.2 Å². The lowest BCUT2D eigenvalue weighted by Gasteiger charge is -2.06. The van der Waals surface area contributed by atoms with Gasteiger partial charge in [0.05, 0.1) is 5.02 Å². The van der Waals surface area contributed by atoms with E-state index in [1.165, 1.54) is 0 Å². The van der Waals surface area contributed by atoms with Gasteiger partial charge >= 0.3 is 0 Å². The van der Waals surface area contributed by atoms with E-state index in [9.17, 15) is 4.79 Å². The number of aryl methyl sites for hydroxylation is 1. The van der Waals surface area contributed by atoms with E-state index in [0.29, 0.717) is 22.3 Å². The van der Waals surface area contributed by atoms with Gasteiger partial charge < -0.3 is 0 Å². The molecule has 1 rings (SSSR count). The zero-order chi connectivity index (χ0) is 12.1. The SMILES string of the molecule is Cc1ccc(Cl)c(C(=O)CCSC(C)C)c1. The molecule has 0 saturated heterocycles. The Hall–Kier alpha value is -0.470. The second kappa shape index (κ2) is 6.31. The summed E-state index contributed by atoms with van der Waals surface area (Å²) in [7, 11) is 0. The third-order valence-corrected chi connectivity index (χ3v) is 3.64. The molecule has 0 N–H and O–H groups in total. The van der Waals surface area contributed by atoms with Crippen LogP contribution in [-0.4, -0.2) is 16.8 Å². The van der Waals surface area contributed by atoms with Crippen LogP contribution in [-0.2, 0) is 0 Å². The summed E-state index contributed by atoms with van der Waals surface area (Å²) in [4.78, 5) is 11.9. The zero-order valence-corrected chi connectivity index (χ0v) is 11.5. The van der Waals surface area contributed by atoms with Gasteiger partial charge in [0.2, 0.25) is 0 Å². The van der Waals surface area contributed by atoms with Crippen molar-refractivity contribution in [3.63, 3.8) is 0 Å². The Balaban J connectivity index is 2.62. The maximum Gasteiger partial charge on any atom is 0.165 e. The molecular formula is C13H17ClOS. The van der Waals surface area contributed by atoms with E-state index in [2.05, 4.69) is 13.8 Å². The van der Waals surface area contributed by atoms with Crippen LogP contribution < -0.4 is 0 Å². The molecule has 1 aromatic carbocycles. The first-order chi connectivity index (χ1) is 7.50. The number of carbonyl (C=O) groups excluding carboxylic acids is 1. The van der Waals surface area contributed by atoms with E-state index in [1.54, 1.807) is 17.8 Å². The topological polar surface area (TPSA) is 17.1 Å². The summed E-state index contributed by atoms with van der Waals surface area (Å²) in [6.45, 7) is 6.24. The normalized spacial score (nSPS) is 10.8. The fourth-order valence-electron chi connectivity index (χ4n) is 1.37. The molecule has 1 aromatic rings. The number of benzene rings is 1. The Morgan fingerprint density at radius 2 is 2.12 bits per heavy atom. The molecule has 0 radical (unpaired) electrons. The summed E-state index contributed by atoms with van der Waals surface area (Å²) >= 11 is 7.81. The number of ketones is 1. The third kappa shape index (κ3) is 4.18. The van der Waals surface area contributed by atoms with Gasteiger partial charge in [0.25, 0.3) is 0 Å². The summed E-state index contributed by atoms with van der Waals surface area (Å²) in [6.07, 6.45) is 0.562. The first-order valence-corrected chi connectivity index (χ1v) is 6.84. The maximum atomic E-state index is 11.9. The molecule has 0 spiro atoms. The number of thioether (sulfide) groups is 1. The average Bonchev–Trinajstić information content (AvgIpc) is 2.21. The monoisotopic (exact) mass is 256 g/mol. The van der Waals surface area contributed by atoms with E-state index in [1.807, 2.05) is 19.1 Å². The lowest BCUT2D eigenvalue weighted by molar-refractivity contribution is 0.0989. The summed E-state index contributed by atoms with van der Waals surface area (Å²) in [5.74, 6) is 1.00. The second-order valence-electron chi connectivity index (χ2n) is 4.08. The maximum absolute atomic E-state index is 11.9. The number of halogens is 1. The molecule has 88 valence electrons. The minimum Gasteiger partial charge on any atom is -0.294 e. The van der Waals surface area contributed by atoms with E-state index in [4.69, 9.17) is 11.6 Å². The summed E-state index contributed by atoms with van der Waals surface area (Å²) < 4.78 is 0. The van der Waals surface area contributed by atoms with Gasteiger partial charge in [-0.2, -0.15) is 11.8 Å². The molecule has 0 heterocycles. The van der Waals surface area contributed by atoms with Crippen molar-refractivity contribution in [1.82, 2.24) is 0 Å². The summed E-state index contributed by atoms with van der Waals surface area (Å²) in [6, 6.07) is 5.58. The van der Waals surface area contributed by atoms with Crippen LogP contribution in [0.25, 0.3) is 0 Å². The minimum absolute atomic E-state index is 0.141. The highest BCUT2D eigenvalue weighted by Crippen LogP contribution is 2.20. The molecule has 0 amide bonds. The molecule has 0 aromatic heterocycles. The van der Waals surface area contributed by atoms with Gasteiger partial charge in [-0.25, -0.2) is 0 Å². The third-order valence-electron chi connectivity index (χ3n) is 2.20. The van der Waals surface area contributed by atoms with Gasteiger partial charge in [-0.1, -0.05) is 37.1 Å². The Bertz CT molecular complexity index is 374. The van der Waals surface area contributed by atoms with Crippen LogP contribution in [0.2, 0.25) is 5.02 Å². The Labute approximate surface area is 107 Å². The van der Waals surface area contributed by atoms with E-state index in [-0.39, 0.29) is 5.78 Å². The average molecular weight is 257 g/mol. The molecule has 0 aliphatic carbocycles. The van der Waals surface area contributed by atoms with Crippen molar-refractivity contribution in [2.24, 2.45) is 0 Å². The largest absolute Gasteiger partial charge is 0.294 e. The number of hydrogen-bond donors (Lipinski definition) is 0. The van der Waals surface area contributed by atoms with Crippen molar-refractivity contribution in [2.75, 3.05) is 5.75 Å². The highest BCUT2D eigenvalue weighted by molar-refractivity contribution is 7.99. The van der Waals surface area contributed by atoms with Crippen LogP contribution >= 0.6 is 23.4 Å². The first-order valence-electron chi connectivity index (χ1n) is 5.41. The number of hydrogen-bond acceptors (Lipinski definition) is 2. The van der Waals surface area contributed by atoms with Crippen molar-refractivity contribution in [2.45, 2.75) is 32.4 Å². The predicted molar refractivity (Wildman–Crippen MR) is 72.7 cm³/mol. The predicted octanol–water partition coefficient (Wildman–Crippen LogP) is 4.36. The van der Waals surface area contributed by atoms with Gasteiger partial charge in [-0.15, -0.1) is 0 Å². The number of rotatable bonds is 5. The lowest BCUT2D eigenvalue weighted by Crippen LogP contribution is -2.03. The van der Waals surface area contributed by atoms with Gasteiger partial charge in [0.15, 0.2) is 5.78 Å². The molecular weight excluding hydrogens is 240 g/mol. The van der Waals surface area contributed by atoms with Gasteiger partial charge in [-0.3, -0.25) is 4.79 Å². The molecule has 0 aliphatic rings. The minimum atomic E-state index is 0.141. The van der Waals surface area contributed by atoms with Crippen LogP contribution in [0, 0.1) is 6.92 Å². The van der Waals surface area contributed by atoms with Crippen molar-refractivity contribution >= 4 is 29.1 Å². The molecule has 0 atom stereocenters. The Morgan fingerprint density at radius 1 is 1.44 bits per heavy atom. The van der Waals surface area contributed by atoms with Crippen molar-refractivity contribution in [1.29, 1.82) is 0 Å². The quantitative estimate of drug-likeness (QED) is 0.728. The number of Topliss-reactive ketones (excluding diaryl/α,β-unsaturated/α-hetero) is 1. The van der Waals surface area contributed by atoms with Crippen molar-refractivity contribution in [3.05, 3.63) is 34.3 Å². The standard InChI is InChI=1S/C13H17ClOS/c1-9(2)16-7-6-13(15)11-8-10(3)4-5-12(11)14/h4-5,8-9H,6-7H2,1-3H3. The Morgan fingerprint density at radius 3 is 2.75 bits per heavy atom. The van der Waals surface area contributed by atoms with E-state index in [0.717, 1.165) is 11.3 Å². The Kier molecular flexibility index (Phi) is 5.36. The molecule has 1 nitrogen and oxygen atoms in total. The molecule has 3 heteroatoms. The van der Waals surface area contributed by atoms with Crippen LogP contribution in [0.15, 0.2) is 18.2 Å². The summed E-state index contributed by atoms with van der Waals surface area (Å²) in [5, 5.41) is 1.13. The fraction of sp³-hybridized carbons (Fsp3) is 0.462. The molecule has 0 unspecified atom stereocenters. The second-order valence-corrected chi connectivity index (χ2v) is 6.17. The van der Waals surface area contributed by atoms with Crippen molar-refractivity contribution in [3.8, 4) is 0 Å². The molecule has 0 aliphatic heterocycles. The zero-order valence-electron chi connectivity index (χ0n) is 9.92. The van der Waals surface area contributed by atoms with Crippen LogP contribution in [0.5, 0.6) is 0 Å². The highest BCUT2D eigenvalue weighted by atomic mass is 35.5. The van der Waals surface area contributed by atoms with Gasteiger partial charge in [0.1, 0.15) is 0 Å². The molecule has 0 saturated carbocycles. The fourth-order valence-corrected chi connectivity index (χ4v) is 2.37. The molecule has 16 heavy (non-hydrogen) atoms. The van der Waals surface area contributed by atoms with E-state index >= 15 is 0 Å². The highest BCUT2D eigenvalue weighted by Gasteiger charge is 2.10. The lowest BCUT2D eigenvalue weighted by atomic mass is 10.1. The van der Waals surface area contributed by atoms with Crippen molar-refractivity contribution < 1.29 is 4.79 Å². The van der Waals surface area contributed by atoms with E-state index < -0.39 is 0 Å². The van der Waals surface area contributed by atoms with Crippen LogP contribution in [0.4, 0.5) is 0 Å². The number of carbonyl (C=O) groups is 1. The summed E-state index contributed by atoms with van der Waals surface area (Å²) in [5.41, 5.74) is 1.73. The van der Waals surface area contributed by atoms with Crippen LogP contribution in [0.3, 0.4) is 0 Å². The molecule has 0 bridgehead atoms. The van der Waals surface area contributed by atoms with Gasteiger partial charge in [0, 0.05) is 17.7 Å². The smallest absolute Gasteiger partial charge is 0.165 e. The van der Waals surface area contributed by atoms with Gasteiger partial charge in [-0.05, 0) is 24.3 Å². The first kappa shape index (κ1) is 13.6.